The predicted molar refractivity (Wildman–Crippen MR) is 100 cm³/mol. The number of carbonyl (C=O) groups is 2. The number of piperazine rings is 1. The lowest BCUT2D eigenvalue weighted by molar-refractivity contribution is -0.129. The van der Waals surface area contributed by atoms with E-state index in [0.29, 0.717) is 37.7 Å². The maximum absolute atomic E-state index is 12.5. The zero-order valence-electron chi connectivity index (χ0n) is 15.3. The zero-order valence-corrected chi connectivity index (χ0v) is 15.3. The minimum Gasteiger partial charge on any atom is -0.353 e. The van der Waals surface area contributed by atoms with E-state index < -0.39 is 0 Å². The summed E-state index contributed by atoms with van der Waals surface area (Å²) in [4.78, 5) is 36.2. The minimum atomic E-state index is -0.263. The number of hydrogen-bond acceptors (Lipinski definition) is 5. The maximum atomic E-state index is 12.5. The SMILES string of the molecule is CC(=O)N1CCN(c2cc(C(=O)Nc3cc(C)cc(C)c3)ncn2)CC1. The molecule has 0 spiro atoms. The number of carbonyl (C=O) groups excluding carboxylic acids is 2. The molecule has 1 fully saturated rings. The van der Waals surface area contributed by atoms with Crippen LogP contribution in [0.25, 0.3) is 0 Å². The first-order valence-electron chi connectivity index (χ1n) is 8.64. The van der Waals surface area contributed by atoms with Crippen LogP contribution in [0.2, 0.25) is 0 Å². The van der Waals surface area contributed by atoms with Crippen LogP contribution < -0.4 is 10.2 Å². The molecule has 1 aromatic carbocycles. The van der Waals surface area contributed by atoms with Gasteiger partial charge in [0.05, 0.1) is 0 Å². The van der Waals surface area contributed by atoms with Crippen LogP contribution in [0.15, 0.2) is 30.6 Å². The Labute approximate surface area is 153 Å². The lowest BCUT2D eigenvalue weighted by Gasteiger charge is -2.34. The van der Waals surface area contributed by atoms with Gasteiger partial charge in [0.1, 0.15) is 17.8 Å². The van der Waals surface area contributed by atoms with Gasteiger partial charge >= 0.3 is 0 Å². The number of aromatic nitrogens is 2. The summed E-state index contributed by atoms with van der Waals surface area (Å²) in [5.41, 5.74) is 3.25. The molecule has 1 saturated heterocycles. The van der Waals surface area contributed by atoms with Gasteiger partial charge in [0.15, 0.2) is 0 Å². The third kappa shape index (κ3) is 4.17. The average molecular weight is 353 g/mol. The molecule has 136 valence electrons. The average Bonchev–Trinajstić information content (AvgIpc) is 2.61. The van der Waals surface area contributed by atoms with Crippen molar-refractivity contribution in [3.05, 3.63) is 47.4 Å². The molecular formula is C19H23N5O2. The third-order valence-electron chi connectivity index (χ3n) is 4.41. The standard InChI is InChI=1S/C19H23N5O2/c1-13-8-14(2)10-16(9-13)22-19(26)17-11-18(21-12-20-17)24-6-4-23(5-7-24)15(3)25/h8-12H,4-7H2,1-3H3,(H,22,26). The highest BCUT2D eigenvalue weighted by molar-refractivity contribution is 6.03. The summed E-state index contributed by atoms with van der Waals surface area (Å²) < 4.78 is 0. The molecule has 0 bridgehead atoms. The number of hydrogen-bond donors (Lipinski definition) is 1. The van der Waals surface area contributed by atoms with E-state index >= 15 is 0 Å². The lowest BCUT2D eigenvalue weighted by atomic mass is 10.1. The summed E-state index contributed by atoms with van der Waals surface area (Å²) in [6, 6.07) is 7.60. The number of benzene rings is 1. The Hall–Kier alpha value is -2.96. The molecule has 3 rings (SSSR count). The van der Waals surface area contributed by atoms with E-state index in [1.807, 2.05) is 30.9 Å². The van der Waals surface area contributed by atoms with Gasteiger partial charge in [-0.2, -0.15) is 0 Å². The van der Waals surface area contributed by atoms with Crippen molar-refractivity contribution >= 4 is 23.3 Å². The molecule has 0 unspecified atom stereocenters. The van der Waals surface area contributed by atoms with Crippen molar-refractivity contribution in [2.24, 2.45) is 0 Å². The van der Waals surface area contributed by atoms with E-state index in [-0.39, 0.29) is 11.8 Å². The lowest BCUT2D eigenvalue weighted by Crippen LogP contribution is -2.48. The fraction of sp³-hybridized carbons (Fsp3) is 0.368. The van der Waals surface area contributed by atoms with E-state index in [4.69, 9.17) is 0 Å². The van der Waals surface area contributed by atoms with Crippen LogP contribution in [0.3, 0.4) is 0 Å². The van der Waals surface area contributed by atoms with E-state index in [9.17, 15) is 9.59 Å². The quantitative estimate of drug-likeness (QED) is 0.913. The van der Waals surface area contributed by atoms with Crippen LogP contribution in [0.1, 0.15) is 28.5 Å². The molecule has 1 aliphatic rings. The van der Waals surface area contributed by atoms with Crippen molar-refractivity contribution in [3.63, 3.8) is 0 Å². The van der Waals surface area contributed by atoms with E-state index in [2.05, 4.69) is 26.3 Å². The van der Waals surface area contributed by atoms with E-state index in [0.717, 1.165) is 16.8 Å². The van der Waals surface area contributed by atoms with Crippen LogP contribution in [-0.4, -0.2) is 52.9 Å². The first-order valence-corrected chi connectivity index (χ1v) is 8.64. The van der Waals surface area contributed by atoms with Crippen molar-refractivity contribution in [2.45, 2.75) is 20.8 Å². The van der Waals surface area contributed by atoms with Gasteiger partial charge in [-0.05, 0) is 37.1 Å². The molecule has 0 aliphatic carbocycles. The van der Waals surface area contributed by atoms with Crippen LogP contribution >= 0.6 is 0 Å². The van der Waals surface area contributed by atoms with Gasteiger partial charge in [0.25, 0.3) is 5.91 Å². The minimum absolute atomic E-state index is 0.0841. The molecule has 26 heavy (non-hydrogen) atoms. The second-order valence-electron chi connectivity index (χ2n) is 6.59. The second-order valence-corrected chi connectivity index (χ2v) is 6.59. The van der Waals surface area contributed by atoms with Crippen molar-refractivity contribution in [1.29, 1.82) is 0 Å². The topological polar surface area (TPSA) is 78.4 Å². The smallest absolute Gasteiger partial charge is 0.274 e. The highest BCUT2D eigenvalue weighted by atomic mass is 16.2. The first kappa shape index (κ1) is 17.8. The summed E-state index contributed by atoms with van der Waals surface area (Å²) in [6.07, 6.45) is 1.41. The third-order valence-corrected chi connectivity index (χ3v) is 4.41. The van der Waals surface area contributed by atoms with Gasteiger partial charge in [-0.3, -0.25) is 9.59 Å². The Kier molecular flexibility index (Phi) is 5.16. The Morgan fingerprint density at radius 1 is 0.962 bits per heavy atom. The fourth-order valence-corrected chi connectivity index (χ4v) is 3.14. The number of amides is 2. The number of rotatable bonds is 3. The van der Waals surface area contributed by atoms with Crippen LogP contribution in [0, 0.1) is 13.8 Å². The highest BCUT2D eigenvalue weighted by Crippen LogP contribution is 2.17. The maximum Gasteiger partial charge on any atom is 0.274 e. The molecular weight excluding hydrogens is 330 g/mol. The molecule has 2 heterocycles. The second kappa shape index (κ2) is 7.51. The van der Waals surface area contributed by atoms with Gasteiger partial charge in [0.2, 0.25) is 5.91 Å². The highest BCUT2D eigenvalue weighted by Gasteiger charge is 2.20. The van der Waals surface area contributed by atoms with Gasteiger partial charge in [0, 0.05) is 44.9 Å². The summed E-state index contributed by atoms with van der Waals surface area (Å²) in [7, 11) is 0. The zero-order chi connectivity index (χ0) is 18.7. The van der Waals surface area contributed by atoms with Crippen molar-refractivity contribution in [2.75, 3.05) is 36.4 Å². The fourth-order valence-electron chi connectivity index (χ4n) is 3.14. The van der Waals surface area contributed by atoms with Crippen molar-refractivity contribution < 1.29 is 9.59 Å². The molecule has 0 radical (unpaired) electrons. The largest absolute Gasteiger partial charge is 0.353 e. The van der Waals surface area contributed by atoms with Gasteiger partial charge in [-0.15, -0.1) is 0 Å². The van der Waals surface area contributed by atoms with Crippen LogP contribution in [-0.2, 0) is 4.79 Å². The van der Waals surface area contributed by atoms with E-state index in [1.165, 1.54) is 6.33 Å². The normalized spacial score (nSPS) is 14.3. The molecule has 7 heteroatoms. The molecule has 0 atom stereocenters. The summed E-state index contributed by atoms with van der Waals surface area (Å²) in [5.74, 6) is 0.524. The molecule has 2 aromatic rings. The van der Waals surface area contributed by atoms with Crippen LogP contribution in [0.5, 0.6) is 0 Å². The molecule has 2 amide bonds. The van der Waals surface area contributed by atoms with Crippen molar-refractivity contribution in [3.8, 4) is 0 Å². The Morgan fingerprint density at radius 2 is 1.62 bits per heavy atom. The Bertz CT molecular complexity index is 808. The van der Waals surface area contributed by atoms with Crippen molar-refractivity contribution in [1.82, 2.24) is 14.9 Å². The first-order chi connectivity index (χ1) is 12.4. The molecule has 7 nitrogen and oxygen atoms in total. The van der Waals surface area contributed by atoms with Gasteiger partial charge in [-0.1, -0.05) is 6.07 Å². The number of nitrogens with one attached hydrogen (secondary N) is 1. The summed E-state index contributed by atoms with van der Waals surface area (Å²) in [6.45, 7) is 8.25. The molecule has 1 N–H and O–H groups in total. The number of anilines is 2. The Morgan fingerprint density at radius 3 is 2.23 bits per heavy atom. The van der Waals surface area contributed by atoms with E-state index in [1.54, 1.807) is 13.0 Å². The molecule has 1 aromatic heterocycles. The number of nitrogens with zero attached hydrogens (tertiary/aromatic N) is 4. The summed E-state index contributed by atoms with van der Waals surface area (Å²) in [5, 5.41) is 2.89. The van der Waals surface area contributed by atoms with Gasteiger partial charge < -0.3 is 15.1 Å². The molecule has 0 saturated carbocycles. The number of aryl methyl sites for hydroxylation is 2. The monoisotopic (exact) mass is 353 g/mol. The Balaban J connectivity index is 1.71. The summed E-state index contributed by atoms with van der Waals surface area (Å²) >= 11 is 0. The predicted octanol–water partition coefficient (Wildman–Crippen LogP) is 2.01. The van der Waals surface area contributed by atoms with Crippen LogP contribution in [0.4, 0.5) is 11.5 Å². The molecule has 1 aliphatic heterocycles. The van der Waals surface area contributed by atoms with Gasteiger partial charge in [-0.25, -0.2) is 9.97 Å².